The van der Waals surface area contributed by atoms with Gasteiger partial charge in [0.1, 0.15) is 24.5 Å². The van der Waals surface area contributed by atoms with Crippen molar-refractivity contribution in [3.63, 3.8) is 0 Å². The third-order valence-corrected chi connectivity index (χ3v) is 13.7. The number of pyridine rings is 1. The summed E-state index contributed by atoms with van der Waals surface area (Å²) in [6.07, 6.45) is 11.0. The Balaban J connectivity index is 0.921. The fourth-order valence-corrected chi connectivity index (χ4v) is 9.90. The van der Waals surface area contributed by atoms with Gasteiger partial charge in [-0.2, -0.15) is 0 Å². The third kappa shape index (κ3) is 11.3. The molecule has 0 spiro atoms. The minimum Gasteiger partial charge on any atom is -0.372 e. The molecule has 1 aliphatic rings. The van der Waals surface area contributed by atoms with E-state index in [1.807, 2.05) is 102 Å². The van der Waals surface area contributed by atoms with E-state index in [4.69, 9.17) is 14.2 Å². The van der Waals surface area contributed by atoms with E-state index in [1.54, 1.807) is 28.8 Å². The van der Waals surface area contributed by atoms with Crippen molar-refractivity contribution in [2.45, 2.75) is 106 Å². The Morgan fingerprint density at radius 1 is 0.970 bits per heavy atom. The number of carbonyl (C=O) groups is 3. The molecule has 2 N–H and O–H groups in total. The lowest BCUT2D eigenvalue weighted by Gasteiger charge is -2.35. The average Bonchev–Trinajstić information content (AvgIpc) is 4.13. The highest BCUT2D eigenvalue weighted by Gasteiger charge is 2.42. The molecule has 0 radical (unpaired) electrons. The first-order valence-corrected chi connectivity index (χ1v) is 24.2. The summed E-state index contributed by atoms with van der Waals surface area (Å²) < 4.78 is 14.3. The second kappa shape index (κ2) is 21.3. The summed E-state index contributed by atoms with van der Waals surface area (Å²) in [5.41, 5.74) is 10.8. The molecule has 1 aliphatic heterocycles. The van der Waals surface area contributed by atoms with Gasteiger partial charge in [-0.05, 0) is 123 Å². The van der Waals surface area contributed by atoms with Crippen molar-refractivity contribution in [2.24, 2.45) is 5.41 Å². The number of likely N-dealkylation sites (tertiary alicyclic amines) is 1. The monoisotopic (exact) mass is 977 g/mol. The van der Waals surface area contributed by atoms with E-state index in [1.165, 1.54) is 0 Å². The zero-order valence-electron chi connectivity index (χ0n) is 39.1. The first-order chi connectivity index (χ1) is 31.6. The second-order valence-electron chi connectivity index (χ2n) is 18.1. The van der Waals surface area contributed by atoms with Crippen molar-refractivity contribution in [3.8, 4) is 27.3 Å². The highest BCUT2D eigenvalue weighted by atomic mass is 79.9. The smallest absolute Gasteiger partial charge is 0.246 e. The Kier molecular flexibility index (Phi) is 15.6. The molecule has 3 atom stereocenters. The molecule has 6 aromatic rings. The van der Waals surface area contributed by atoms with Gasteiger partial charge in [-0.25, -0.2) is 9.97 Å². The van der Waals surface area contributed by atoms with Gasteiger partial charge >= 0.3 is 0 Å². The number of nitrogens with zero attached hydrogens (tertiary/aromatic N) is 7. The summed E-state index contributed by atoms with van der Waals surface area (Å²) in [4.78, 5) is 59.6. The molecule has 5 heterocycles. The van der Waals surface area contributed by atoms with E-state index in [9.17, 15) is 14.4 Å². The number of nitrogens with one attached hydrogen (secondary N) is 2. The molecule has 1 saturated heterocycles. The quantitative estimate of drug-likeness (QED) is 0.0794. The Labute approximate surface area is 399 Å². The number of thiazole rings is 1. The Morgan fingerprint density at radius 3 is 2.42 bits per heavy atom. The van der Waals surface area contributed by atoms with Crippen molar-refractivity contribution >= 4 is 56.4 Å². The average molecular weight is 979 g/mol. The summed E-state index contributed by atoms with van der Waals surface area (Å²) in [6.45, 7) is 16.9. The largest absolute Gasteiger partial charge is 0.372 e. The number of ether oxygens (including phenoxy) is 1. The van der Waals surface area contributed by atoms with Crippen molar-refractivity contribution in [1.82, 2.24) is 40.2 Å². The molecule has 1 fully saturated rings. The van der Waals surface area contributed by atoms with Gasteiger partial charge in [-0.1, -0.05) is 50.2 Å². The van der Waals surface area contributed by atoms with E-state index >= 15 is 0 Å². The molecule has 0 aliphatic carbocycles. The zero-order valence-corrected chi connectivity index (χ0v) is 41.5. The fourth-order valence-electron chi connectivity index (χ4n) is 8.52. The van der Waals surface area contributed by atoms with E-state index in [0.717, 1.165) is 90.8 Å². The van der Waals surface area contributed by atoms with Crippen molar-refractivity contribution in [2.75, 3.05) is 31.2 Å². The number of halogens is 1. The van der Waals surface area contributed by atoms with E-state index in [-0.39, 0.29) is 30.4 Å². The van der Waals surface area contributed by atoms with Gasteiger partial charge < -0.3 is 34.3 Å². The van der Waals surface area contributed by atoms with Crippen LogP contribution in [-0.4, -0.2) is 85.7 Å². The van der Waals surface area contributed by atoms with Crippen LogP contribution in [0.5, 0.6) is 0 Å². The maximum atomic E-state index is 14.2. The number of aromatic nitrogens is 5. The molecule has 2 aromatic carbocycles. The second-order valence-corrected chi connectivity index (χ2v) is 19.8. The number of rotatable bonds is 18. The van der Waals surface area contributed by atoms with Gasteiger partial charge in [0.2, 0.25) is 17.7 Å². The lowest BCUT2D eigenvalue weighted by Crippen LogP contribution is -2.58. The molecule has 4 aromatic heterocycles. The van der Waals surface area contributed by atoms with Crippen LogP contribution in [0, 0.1) is 33.1 Å². The van der Waals surface area contributed by atoms with Crippen LogP contribution in [0.2, 0.25) is 0 Å². The van der Waals surface area contributed by atoms with Gasteiger partial charge in [0.15, 0.2) is 0 Å². The number of hydrogen-bond donors (Lipinski definition) is 2. The minimum atomic E-state index is -0.837. The summed E-state index contributed by atoms with van der Waals surface area (Å²) in [7, 11) is 0. The molecule has 7 rings (SSSR count). The van der Waals surface area contributed by atoms with Crippen molar-refractivity contribution < 1.29 is 23.6 Å². The first-order valence-electron chi connectivity index (χ1n) is 22.5. The molecule has 3 amide bonds. The number of benzene rings is 2. The molecule has 0 saturated carbocycles. The predicted molar refractivity (Wildman–Crippen MR) is 262 cm³/mol. The van der Waals surface area contributed by atoms with Gasteiger partial charge in [0.05, 0.1) is 51.2 Å². The molecule has 14 nitrogen and oxygen atoms in total. The highest BCUT2D eigenvalue weighted by Crippen LogP contribution is 2.37. The van der Waals surface area contributed by atoms with Crippen molar-refractivity contribution in [3.05, 3.63) is 112 Å². The van der Waals surface area contributed by atoms with Crippen LogP contribution < -0.4 is 15.5 Å². The van der Waals surface area contributed by atoms with Crippen LogP contribution in [-0.2, 0) is 19.1 Å². The predicted octanol–water partition coefficient (Wildman–Crippen LogP) is 9.77. The van der Waals surface area contributed by atoms with Crippen LogP contribution in [0.3, 0.4) is 0 Å². The van der Waals surface area contributed by atoms with Crippen LogP contribution in [0.1, 0.15) is 94.2 Å². The molecule has 0 unspecified atom stereocenters. The first kappa shape index (κ1) is 48.2. The molecule has 348 valence electrons. The molecule has 16 heteroatoms. The molecular weight excluding hydrogens is 919 g/mol. The van der Waals surface area contributed by atoms with Gasteiger partial charge in [-0.3, -0.25) is 19.4 Å². The summed E-state index contributed by atoms with van der Waals surface area (Å²) in [5, 5.41) is 10.3. The highest BCUT2D eigenvalue weighted by molar-refractivity contribution is 9.10. The maximum absolute atomic E-state index is 14.2. The Bertz CT molecular complexity index is 2600. The van der Waals surface area contributed by atoms with Gasteiger partial charge in [-0.15, -0.1) is 11.3 Å². The van der Waals surface area contributed by atoms with Gasteiger partial charge in [0, 0.05) is 59.6 Å². The number of anilines is 2. The number of hydrogen-bond acceptors (Lipinski definition) is 11. The zero-order chi connectivity index (χ0) is 47.1. The standard InChI is InChI=1S/C50H60BrN9O5S/c1-31(36-14-16-37(17-15-36)46-34(4)54-30-66-46)55-48(62)42-13-12-22-60(42)49(63)47(50(6,7)8)56-44(61)28-64-24-11-9-10-21-59(39-18-19-41(40(51)26-39)58-23-20-52-29-58)43-25-38(27-53-32(43)2)45-33(3)57-65-35(45)5/h14-20,23,25-27,29-31,42,47H,9-13,21-22,24,28H2,1-8H3,(H,55,62)(H,56,61)/t31-,42-,47+/m0/s1. The van der Waals surface area contributed by atoms with Crippen molar-refractivity contribution in [1.29, 1.82) is 0 Å². The topological polar surface area (TPSA) is 161 Å². The summed E-state index contributed by atoms with van der Waals surface area (Å²) in [6, 6.07) is 14.9. The lowest BCUT2D eigenvalue weighted by atomic mass is 9.85. The SMILES string of the molecule is Cc1ncc(-c2c(C)noc2C)cc1N(CCCCCOCC(=O)N[C@H](C(=O)N1CCC[C@H]1C(=O)N[C@@H](C)c1ccc(-c2scnc2C)cc1)C(C)(C)C)c1ccc(-n2ccnc2)c(Br)c1. The third-order valence-electron chi connectivity index (χ3n) is 12.1. The lowest BCUT2D eigenvalue weighted by molar-refractivity contribution is -0.144. The van der Waals surface area contributed by atoms with Gasteiger partial charge in [0.25, 0.3) is 0 Å². The number of amides is 3. The van der Waals surface area contributed by atoms with Crippen LogP contribution in [0.15, 0.2) is 88.0 Å². The van der Waals surface area contributed by atoms with Crippen LogP contribution in [0.25, 0.3) is 27.3 Å². The van der Waals surface area contributed by atoms with E-state index < -0.39 is 17.5 Å². The van der Waals surface area contributed by atoms with E-state index in [2.05, 4.69) is 70.9 Å². The molecule has 0 bridgehead atoms. The number of aryl methyl sites for hydroxylation is 4. The summed E-state index contributed by atoms with van der Waals surface area (Å²) in [5.74, 6) is -0.0915. The Hall–Kier alpha value is -5.71. The maximum Gasteiger partial charge on any atom is 0.246 e. The summed E-state index contributed by atoms with van der Waals surface area (Å²) >= 11 is 5.40. The minimum absolute atomic E-state index is 0.175. The number of imidazole rings is 1. The van der Waals surface area contributed by atoms with Crippen LogP contribution >= 0.6 is 27.3 Å². The molecular formula is C50H60BrN9O5S. The number of carbonyl (C=O) groups excluding carboxylic acids is 3. The fraction of sp³-hybridized carbons (Fsp3) is 0.420. The van der Waals surface area contributed by atoms with E-state index in [0.29, 0.717) is 32.5 Å². The Morgan fingerprint density at radius 2 is 1.76 bits per heavy atom. The van der Waals surface area contributed by atoms with Crippen LogP contribution in [0.4, 0.5) is 11.4 Å². The molecule has 66 heavy (non-hydrogen) atoms. The normalized spacial score (nSPS) is 14.9. The number of unbranched alkanes of at least 4 members (excludes halogenated alkanes) is 2.